The Labute approximate surface area is 98.8 Å². The standard InChI is InChI=1S/C12H13NO2S/c1-8-3-9(2)5-10(4-8)6-13-11(14)7-16-12(13)15/h3-5H,6-7H2,1-2H3. The van der Waals surface area contributed by atoms with Crippen molar-refractivity contribution in [1.82, 2.24) is 4.90 Å². The van der Waals surface area contributed by atoms with Gasteiger partial charge in [-0.25, -0.2) is 0 Å². The van der Waals surface area contributed by atoms with E-state index >= 15 is 0 Å². The minimum atomic E-state index is -0.135. The summed E-state index contributed by atoms with van der Waals surface area (Å²) < 4.78 is 0. The van der Waals surface area contributed by atoms with E-state index in [-0.39, 0.29) is 16.9 Å². The van der Waals surface area contributed by atoms with Crippen LogP contribution in [0.15, 0.2) is 18.2 Å². The summed E-state index contributed by atoms with van der Waals surface area (Å²) in [7, 11) is 0. The average Bonchev–Trinajstić information content (AvgIpc) is 2.48. The highest BCUT2D eigenvalue weighted by molar-refractivity contribution is 8.14. The highest BCUT2D eigenvalue weighted by Gasteiger charge is 2.29. The SMILES string of the molecule is Cc1cc(C)cc(CN2C(=O)CSC2=O)c1. The van der Waals surface area contributed by atoms with Crippen LogP contribution in [0.4, 0.5) is 4.79 Å². The average molecular weight is 235 g/mol. The second kappa shape index (κ2) is 4.29. The normalized spacial score (nSPS) is 16.0. The van der Waals surface area contributed by atoms with Gasteiger partial charge in [0.05, 0.1) is 12.3 Å². The molecule has 84 valence electrons. The summed E-state index contributed by atoms with van der Waals surface area (Å²) in [6.07, 6.45) is 0. The van der Waals surface area contributed by atoms with E-state index < -0.39 is 0 Å². The minimum absolute atomic E-state index is 0.0887. The Morgan fingerprint density at radius 3 is 2.31 bits per heavy atom. The molecular weight excluding hydrogens is 222 g/mol. The van der Waals surface area contributed by atoms with Crippen LogP contribution in [0.2, 0.25) is 0 Å². The van der Waals surface area contributed by atoms with E-state index in [9.17, 15) is 9.59 Å². The molecule has 1 aromatic rings. The van der Waals surface area contributed by atoms with Gasteiger partial charge in [0.1, 0.15) is 0 Å². The molecule has 3 nitrogen and oxygen atoms in total. The predicted octanol–water partition coefficient (Wildman–Crippen LogP) is 2.50. The zero-order chi connectivity index (χ0) is 11.7. The molecule has 1 aliphatic heterocycles. The van der Waals surface area contributed by atoms with Crippen LogP contribution in [0.3, 0.4) is 0 Å². The molecule has 4 heteroatoms. The zero-order valence-electron chi connectivity index (χ0n) is 9.32. The molecule has 1 saturated heterocycles. The van der Waals surface area contributed by atoms with Crippen LogP contribution >= 0.6 is 11.8 Å². The van der Waals surface area contributed by atoms with Gasteiger partial charge in [-0.2, -0.15) is 0 Å². The molecule has 0 saturated carbocycles. The molecule has 0 atom stereocenters. The lowest BCUT2D eigenvalue weighted by Gasteiger charge is -2.13. The number of carbonyl (C=O) groups excluding carboxylic acids is 2. The Balaban J connectivity index is 2.20. The Hall–Kier alpha value is -1.29. The predicted molar refractivity (Wildman–Crippen MR) is 64.3 cm³/mol. The van der Waals surface area contributed by atoms with E-state index in [4.69, 9.17) is 0 Å². The zero-order valence-corrected chi connectivity index (χ0v) is 10.1. The van der Waals surface area contributed by atoms with Gasteiger partial charge in [-0.1, -0.05) is 41.1 Å². The largest absolute Gasteiger partial charge is 0.289 e. The van der Waals surface area contributed by atoms with Crippen LogP contribution < -0.4 is 0 Å². The van der Waals surface area contributed by atoms with Crippen LogP contribution in [0.5, 0.6) is 0 Å². The number of hydrogen-bond donors (Lipinski definition) is 0. The molecule has 16 heavy (non-hydrogen) atoms. The van der Waals surface area contributed by atoms with Crippen molar-refractivity contribution >= 4 is 22.9 Å². The number of rotatable bonds is 2. The van der Waals surface area contributed by atoms with Gasteiger partial charge in [-0.05, 0) is 19.4 Å². The quantitative estimate of drug-likeness (QED) is 0.790. The lowest BCUT2D eigenvalue weighted by molar-refractivity contribution is -0.125. The maximum atomic E-state index is 11.4. The van der Waals surface area contributed by atoms with Crippen molar-refractivity contribution in [1.29, 1.82) is 0 Å². The second-order valence-corrected chi connectivity index (χ2v) is 4.96. The van der Waals surface area contributed by atoms with Crippen molar-refractivity contribution in [3.05, 3.63) is 34.9 Å². The van der Waals surface area contributed by atoms with E-state index in [1.165, 1.54) is 4.90 Å². The second-order valence-electron chi connectivity index (χ2n) is 4.03. The molecule has 0 spiro atoms. The first kappa shape index (κ1) is 11.2. The topological polar surface area (TPSA) is 37.4 Å². The van der Waals surface area contributed by atoms with Gasteiger partial charge >= 0.3 is 0 Å². The summed E-state index contributed by atoms with van der Waals surface area (Å²) in [6, 6.07) is 6.10. The maximum Gasteiger partial charge on any atom is 0.289 e. The van der Waals surface area contributed by atoms with Crippen molar-refractivity contribution in [3.63, 3.8) is 0 Å². The number of carbonyl (C=O) groups is 2. The van der Waals surface area contributed by atoms with Crippen molar-refractivity contribution in [2.24, 2.45) is 0 Å². The number of thioether (sulfide) groups is 1. The number of aryl methyl sites for hydroxylation is 2. The summed E-state index contributed by atoms with van der Waals surface area (Å²) in [4.78, 5) is 24.2. The Bertz CT molecular complexity index is 420. The van der Waals surface area contributed by atoms with E-state index in [1.54, 1.807) is 0 Å². The van der Waals surface area contributed by atoms with E-state index in [1.807, 2.05) is 26.0 Å². The monoisotopic (exact) mass is 235 g/mol. The number of hydrogen-bond acceptors (Lipinski definition) is 3. The molecule has 0 unspecified atom stereocenters. The minimum Gasteiger partial charge on any atom is -0.273 e. The Kier molecular flexibility index (Phi) is 3.01. The van der Waals surface area contributed by atoms with Crippen LogP contribution in [0, 0.1) is 13.8 Å². The highest BCUT2D eigenvalue weighted by atomic mass is 32.2. The molecule has 0 aliphatic carbocycles. The molecule has 1 aliphatic rings. The van der Waals surface area contributed by atoms with Crippen LogP contribution in [0.1, 0.15) is 16.7 Å². The molecule has 2 rings (SSSR count). The fraction of sp³-hybridized carbons (Fsp3) is 0.333. The summed E-state index contributed by atoms with van der Waals surface area (Å²) in [5, 5.41) is -0.135. The highest BCUT2D eigenvalue weighted by Crippen LogP contribution is 2.21. The lowest BCUT2D eigenvalue weighted by atomic mass is 10.1. The van der Waals surface area contributed by atoms with Gasteiger partial charge in [-0.15, -0.1) is 0 Å². The molecule has 1 heterocycles. The fourth-order valence-electron chi connectivity index (χ4n) is 1.88. The van der Waals surface area contributed by atoms with Gasteiger partial charge in [0.2, 0.25) is 5.91 Å². The Morgan fingerprint density at radius 1 is 1.19 bits per heavy atom. The molecule has 0 N–H and O–H groups in total. The third-order valence-electron chi connectivity index (χ3n) is 2.46. The first-order valence-electron chi connectivity index (χ1n) is 5.10. The van der Waals surface area contributed by atoms with Crippen molar-refractivity contribution in [2.75, 3.05) is 5.75 Å². The number of amides is 2. The van der Waals surface area contributed by atoms with Crippen LogP contribution in [-0.4, -0.2) is 21.8 Å². The number of nitrogens with zero attached hydrogens (tertiary/aromatic N) is 1. The summed E-state index contributed by atoms with van der Waals surface area (Å²) in [5.41, 5.74) is 3.32. The van der Waals surface area contributed by atoms with Gasteiger partial charge in [0.25, 0.3) is 5.24 Å². The molecule has 1 fully saturated rings. The molecule has 1 aromatic carbocycles. The lowest BCUT2D eigenvalue weighted by Crippen LogP contribution is -2.27. The van der Waals surface area contributed by atoms with Gasteiger partial charge in [-0.3, -0.25) is 14.5 Å². The molecule has 2 amide bonds. The number of benzene rings is 1. The molecule has 0 radical (unpaired) electrons. The van der Waals surface area contributed by atoms with Crippen molar-refractivity contribution in [3.8, 4) is 0 Å². The van der Waals surface area contributed by atoms with E-state index in [0.717, 1.165) is 28.5 Å². The van der Waals surface area contributed by atoms with Gasteiger partial charge < -0.3 is 0 Å². The van der Waals surface area contributed by atoms with E-state index in [2.05, 4.69) is 6.07 Å². The van der Waals surface area contributed by atoms with Crippen LogP contribution in [0.25, 0.3) is 0 Å². The van der Waals surface area contributed by atoms with Gasteiger partial charge in [0.15, 0.2) is 0 Å². The Morgan fingerprint density at radius 2 is 1.81 bits per heavy atom. The molecule has 0 bridgehead atoms. The van der Waals surface area contributed by atoms with Crippen molar-refractivity contribution in [2.45, 2.75) is 20.4 Å². The number of imide groups is 1. The summed E-state index contributed by atoms with van der Waals surface area (Å²) in [6.45, 7) is 4.42. The van der Waals surface area contributed by atoms with Crippen LogP contribution in [-0.2, 0) is 11.3 Å². The summed E-state index contributed by atoms with van der Waals surface area (Å²) in [5.74, 6) is 0.193. The first-order valence-corrected chi connectivity index (χ1v) is 6.09. The summed E-state index contributed by atoms with van der Waals surface area (Å²) >= 11 is 1.08. The molecular formula is C12H13NO2S. The third-order valence-corrected chi connectivity index (χ3v) is 3.32. The third kappa shape index (κ3) is 2.27. The first-order chi connectivity index (χ1) is 7.56. The van der Waals surface area contributed by atoms with Crippen molar-refractivity contribution < 1.29 is 9.59 Å². The molecule has 0 aromatic heterocycles. The smallest absolute Gasteiger partial charge is 0.273 e. The van der Waals surface area contributed by atoms with E-state index in [0.29, 0.717) is 6.54 Å². The fourth-order valence-corrected chi connectivity index (χ4v) is 2.60. The van der Waals surface area contributed by atoms with Gasteiger partial charge in [0, 0.05) is 0 Å². The maximum absolute atomic E-state index is 11.4.